The second-order valence-electron chi connectivity index (χ2n) is 6.88. The van der Waals surface area contributed by atoms with Gasteiger partial charge in [0, 0.05) is 33.8 Å². The minimum atomic E-state index is -4.60. The molecule has 0 atom stereocenters. The predicted molar refractivity (Wildman–Crippen MR) is 101 cm³/mol. The van der Waals surface area contributed by atoms with Crippen LogP contribution in [0.15, 0.2) is 23.2 Å². The summed E-state index contributed by atoms with van der Waals surface area (Å²) >= 11 is 0. The molecule has 9 heteroatoms. The van der Waals surface area contributed by atoms with Crippen molar-refractivity contribution in [2.24, 2.45) is 10.9 Å². The van der Waals surface area contributed by atoms with E-state index in [1.165, 1.54) is 0 Å². The first-order valence-corrected chi connectivity index (χ1v) is 9.35. The van der Waals surface area contributed by atoms with E-state index in [4.69, 9.17) is 4.74 Å². The lowest BCUT2D eigenvalue weighted by atomic mass is 9.97. The van der Waals surface area contributed by atoms with Crippen LogP contribution in [0.5, 0.6) is 0 Å². The predicted octanol–water partition coefficient (Wildman–Crippen LogP) is 2.87. The smallest absolute Gasteiger partial charge is 0.383 e. The number of halogens is 4. The summed E-state index contributed by atoms with van der Waals surface area (Å²) < 4.78 is 57.5. The van der Waals surface area contributed by atoms with Gasteiger partial charge in [0.05, 0.1) is 12.2 Å². The van der Waals surface area contributed by atoms with Gasteiger partial charge in [-0.2, -0.15) is 13.2 Å². The van der Waals surface area contributed by atoms with Crippen molar-refractivity contribution in [2.75, 3.05) is 46.9 Å². The number of alkyl halides is 3. The molecule has 1 fully saturated rings. The number of benzene rings is 1. The Morgan fingerprint density at radius 3 is 2.57 bits per heavy atom. The Balaban J connectivity index is 1.82. The third-order valence-corrected chi connectivity index (χ3v) is 4.92. The molecule has 5 nitrogen and oxygen atoms in total. The molecule has 1 aromatic carbocycles. The molecule has 1 saturated heterocycles. The number of methoxy groups -OCH3 is 1. The SMILES string of the molecule is CN=C(NCc1ccc(F)cc1C(F)(F)F)NCC1CCN(CCOC)CC1. The Morgan fingerprint density at radius 2 is 1.96 bits per heavy atom. The van der Waals surface area contributed by atoms with Crippen LogP contribution in [0, 0.1) is 11.7 Å². The molecule has 28 heavy (non-hydrogen) atoms. The summed E-state index contributed by atoms with van der Waals surface area (Å²) in [5.74, 6) is 0.00332. The number of nitrogens with one attached hydrogen (secondary N) is 2. The van der Waals surface area contributed by atoms with E-state index in [0.717, 1.165) is 51.2 Å². The maximum absolute atomic E-state index is 13.2. The van der Waals surface area contributed by atoms with E-state index in [9.17, 15) is 17.6 Å². The van der Waals surface area contributed by atoms with Gasteiger partial charge in [-0.3, -0.25) is 4.99 Å². The second kappa shape index (κ2) is 10.6. The van der Waals surface area contributed by atoms with Crippen LogP contribution in [-0.2, 0) is 17.5 Å². The van der Waals surface area contributed by atoms with Gasteiger partial charge in [0.25, 0.3) is 0 Å². The maximum Gasteiger partial charge on any atom is 0.416 e. The lowest BCUT2D eigenvalue weighted by Gasteiger charge is -2.32. The molecular weight excluding hydrogens is 376 g/mol. The standard InChI is InChI=1S/C19H28F4N4O/c1-24-18(25-12-14-5-7-27(8-6-14)9-10-28-2)26-13-15-3-4-16(20)11-17(15)19(21,22)23/h3-4,11,14H,5-10,12-13H2,1-2H3,(H2,24,25,26). The van der Waals surface area contributed by atoms with Crippen LogP contribution in [0.1, 0.15) is 24.0 Å². The van der Waals surface area contributed by atoms with E-state index in [-0.39, 0.29) is 12.1 Å². The topological polar surface area (TPSA) is 48.9 Å². The zero-order chi connectivity index (χ0) is 20.6. The van der Waals surface area contributed by atoms with Gasteiger partial charge in [-0.25, -0.2) is 4.39 Å². The van der Waals surface area contributed by atoms with E-state index in [1.807, 2.05) is 0 Å². The first-order chi connectivity index (χ1) is 13.3. The van der Waals surface area contributed by atoms with Crippen LogP contribution in [0.2, 0.25) is 0 Å². The highest BCUT2D eigenvalue weighted by Gasteiger charge is 2.33. The largest absolute Gasteiger partial charge is 0.416 e. The van der Waals surface area contributed by atoms with Crippen molar-refractivity contribution in [2.45, 2.75) is 25.6 Å². The molecule has 1 aromatic rings. The van der Waals surface area contributed by atoms with E-state index in [2.05, 4.69) is 20.5 Å². The molecule has 1 heterocycles. The summed E-state index contributed by atoms with van der Waals surface area (Å²) in [7, 11) is 3.26. The number of hydrogen-bond acceptors (Lipinski definition) is 3. The van der Waals surface area contributed by atoms with Crippen molar-refractivity contribution in [3.63, 3.8) is 0 Å². The Hall–Kier alpha value is -1.87. The molecule has 0 amide bonds. The summed E-state index contributed by atoms with van der Waals surface area (Å²) in [6.45, 7) is 4.28. The van der Waals surface area contributed by atoms with E-state index in [0.29, 0.717) is 24.5 Å². The average Bonchev–Trinajstić information content (AvgIpc) is 2.67. The van der Waals surface area contributed by atoms with Crippen molar-refractivity contribution in [3.8, 4) is 0 Å². The van der Waals surface area contributed by atoms with Crippen molar-refractivity contribution < 1.29 is 22.3 Å². The fourth-order valence-corrected chi connectivity index (χ4v) is 3.24. The van der Waals surface area contributed by atoms with E-state index in [1.54, 1.807) is 14.2 Å². The fourth-order valence-electron chi connectivity index (χ4n) is 3.24. The molecule has 0 spiro atoms. The van der Waals surface area contributed by atoms with Gasteiger partial charge in [0.1, 0.15) is 5.82 Å². The van der Waals surface area contributed by atoms with Gasteiger partial charge >= 0.3 is 6.18 Å². The highest BCUT2D eigenvalue weighted by molar-refractivity contribution is 5.79. The number of likely N-dealkylation sites (tertiary alicyclic amines) is 1. The summed E-state index contributed by atoms with van der Waals surface area (Å²) in [6, 6.07) is 2.69. The van der Waals surface area contributed by atoms with Crippen LogP contribution in [0.4, 0.5) is 17.6 Å². The van der Waals surface area contributed by atoms with Crippen LogP contribution < -0.4 is 10.6 Å². The van der Waals surface area contributed by atoms with Gasteiger partial charge in [-0.15, -0.1) is 0 Å². The first-order valence-electron chi connectivity index (χ1n) is 9.35. The third-order valence-electron chi connectivity index (χ3n) is 4.92. The first kappa shape index (κ1) is 22.4. The zero-order valence-electron chi connectivity index (χ0n) is 16.3. The Bertz CT molecular complexity index is 643. The number of nitrogens with zero attached hydrogens (tertiary/aromatic N) is 2. The zero-order valence-corrected chi connectivity index (χ0v) is 16.3. The third kappa shape index (κ3) is 6.94. The lowest BCUT2D eigenvalue weighted by molar-refractivity contribution is -0.138. The molecule has 0 aliphatic carbocycles. The number of hydrogen-bond donors (Lipinski definition) is 2. The molecule has 2 N–H and O–H groups in total. The van der Waals surface area contributed by atoms with E-state index < -0.39 is 17.6 Å². The van der Waals surface area contributed by atoms with Gasteiger partial charge in [0.15, 0.2) is 5.96 Å². The van der Waals surface area contributed by atoms with Crippen LogP contribution in [0.25, 0.3) is 0 Å². The number of guanidine groups is 1. The molecule has 0 unspecified atom stereocenters. The highest BCUT2D eigenvalue weighted by atomic mass is 19.4. The lowest BCUT2D eigenvalue weighted by Crippen LogP contribution is -2.43. The number of ether oxygens (including phenoxy) is 1. The van der Waals surface area contributed by atoms with Crippen molar-refractivity contribution in [1.82, 2.24) is 15.5 Å². The Kier molecular flexibility index (Phi) is 8.50. The molecule has 1 aliphatic heterocycles. The quantitative estimate of drug-likeness (QED) is 0.417. The Labute approximate surface area is 163 Å². The number of aliphatic imine (C=N–C) groups is 1. The number of rotatable bonds is 7. The molecule has 1 aliphatic rings. The summed E-state index contributed by atoms with van der Waals surface area (Å²) in [5, 5.41) is 6.06. The van der Waals surface area contributed by atoms with Gasteiger partial charge in [0.2, 0.25) is 0 Å². The minimum Gasteiger partial charge on any atom is -0.383 e. The normalized spacial score (nSPS) is 17.0. The van der Waals surface area contributed by atoms with Gasteiger partial charge in [-0.05, 0) is 49.5 Å². The second-order valence-corrected chi connectivity index (χ2v) is 6.88. The highest BCUT2D eigenvalue weighted by Crippen LogP contribution is 2.32. The molecule has 2 rings (SSSR count). The molecule has 0 bridgehead atoms. The minimum absolute atomic E-state index is 0.0247. The maximum atomic E-state index is 13.2. The molecule has 0 aromatic heterocycles. The Morgan fingerprint density at radius 1 is 1.25 bits per heavy atom. The van der Waals surface area contributed by atoms with Gasteiger partial charge in [-0.1, -0.05) is 6.07 Å². The van der Waals surface area contributed by atoms with Crippen LogP contribution in [-0.4, -0.2) is 57.8 Å². The van der Waals surface area contributed by atoms with Crippen molar-refractivity contribution >= 4 is 5.96 Å². The van der Waals surface area contributed by atoms with Crippen molar-refractivity contribution in [1.29, 1.82) is 0 Å². The van der Waals surface area contributed by atoms with Gasteiger partial charge < -0.3 is 20.3 Å². The molecule has 0 radical (unpaired) electrons. The molecule has 158 valence electrons. The monoisotopic (exact) mass is 404 g/mol. The number of piperidine rings is 1. The molecule has 0 saturated carbocycles. The van der Waals surface area contributed by atoms with Crippen molar-refractivity contribution in [3.05, 3.63) is 35.1 Å². The summed E-state index contributed by atoms with van der Waals surface area (Å²) in [5.41, 5.74) is -0.998. The van der Waals surface area contributed by atoms with E-state index >= 15 is 0 Å². The average molecular weight is 404 g/mol. The van der Waals surface area contributed by atoms with Crippen LogP contribution >= 0.6 is 0 Å². The summed E-state index contributed by atoms with van der Waals surface area (Å²) in [4.78, 5) is 6.43. The fraction of sp³-hybridized carbons (Fsp3) is 0.632. The van der Waals surface area contributed by atoms with Crippen LogP contribution in [0.3, 0.4) is 0 Å². The summed E-state index contributed by atoms with van der Waals surface area (Å²) in [6.07, 6.45) is -2.51. The molecular formula is C19H28F4N4O.